The second-order valence-corrected chi connectivity index (χ2v) is 0.770. The molecule has 7 heavy (non-hydrogen) atoms. The number of tetrazole rings is 1. The average Bonchev–Trinajstić information content (AvgIpc) is 1.86. The molecule has 1 rings (SSSR count). The third kappa shape index (κ3) is 2.22. The first-order chi connectivity index (χ1) is 2.89. The fraction of sp³-hybridized carbons (Fsp3) is 0. The molecule has 34 valence electrons. The van der Waals surface area contributed by atoms with Gasteiger partial charge in [0, 0.05) is 45.5 Å². The minimum atomic E-state index is 0. The van der Waals surface area contributed by atoms with E-state index < -0.39 is 0 Å². The van der Waals surface area contributed by atoms with Gasteiger partial charge < -0.3 is 5.73 Å². The summed E-state index contributed by atoms with van der Waals surface area (Å²) in [4.78, 5) is 0. The summed E-state index contributed by atoms with van der Waals surface area (Å²) < 4.78 is 0. The number of nitrogens with zero attached hydrogens (tertiary/aromatic N) is 3. The first kappa shape index (κ1) is 7.35. The fourth-order valence-corrected chi connectivity index (χ4v) is 0.170. The summed E-state index contributed by atoms with van der Waals surface area (Å²) in [7, 11) is 0. The smallest absolute Gasteiger partial charge is 0.260 e. The molecule has 0 spiro atoms. The number of nitrogens with two attached hydrogens (primary N) is 1. The van der Waals surface area contributed by atoms with E-state index in [0.717, 1.165) is 0 Å². The molecular weight excluding hydrogens is 170 g/mol. The summed E-state index contributed by atoms with van der Waals surface area (Å²) in [5.74, 6) is 0.176. The molecule has 2 radical (unpaired) electrons. The van der Waals surface area contributed by atoms with Gasteiger partial charge in [0.15, 0.2) is 0 Å². The van der Waals surface area contributed by atoms with Crippen LogP contribution in [-0.4, -0.2) is 66.1 Å². The van der Waals surface area contributed by atoms with E-state index in [-0.39, 0.29) is 51.4 Å². The van der Waals surface area contributed by atoms with E-state index in [4.69, 9.17) is 5.73 Å². The Balaban J connectivity index is 0.000000360. The van der Waals surface area contributed by atoms with Crippen LogP contribution >= 0.6 is 0 Å². The van der Waals surface area contributed by atoms with Crippen molar-refractivity contribution in [2.24, 2.45) is 0 Å². The zero-order valence-electron chi connectivity index (χ0n) is 3.63. The molecule has 0 atom stereocenters. The van der Waals surface area contributed by atoms with Gasteiger partial charge in [0.25, 0.3) is 5.95 Å². The summed E-state index contributed by atoms with van der Waals surface area (Å²) in [6, 6.07) is 0. The second-order valence-electron chi connectivity index (χ2n) is 0.770. The van der Waals surface area contributed by atoms with Crippen LogP contribution in [0.25, 0.3) is 0 Å². The normalized spacial score (nSPS) is 7.43. The predicted molar refractivity (Wildman–Crippen MR) is 24.3 cm³/mol. The molecule has 3 N–H and O–H groups in total. The van der Waals surface area contributed by atoms with E-state index in [2.05, 4.69) is 20.6 Å². The quantitative estimate of drug-likeness (QED) is 0.462. The van der Waals surface area contributed by atoms with E-state index in [1.807, 2.05) is 0 Å². The molecule has 1 heterocycles. The molecule has 0 saturated heterocycles. The Kier molecular flexibility index (Phi) is 3.53. The largest absolute Gasteiger partial charge is 0.365 e. The maximum Gasteiger partial charge on any atom is 0.260 e. The summed E-state index contributed by atoms with van der Waals surface area (Å²) in [6.07, 6.45) is 0. The fourth-order valence-electron chi connectivity index (χ4n) is 0.170. The molecule has 0 aliphatic carbocycles. The molecule has 1 aromatic heterocycles. The molecule has 0 amide bonds. The van der Waals surface area contributed by atoms with Crippen molar-refractivity contribution in [1.82, 2.24) is 20.6 Å². The van der Waals surface area contributed by atoms with Crippen molar-refractivity contribution in [3.63, 3.8) is 0 Å². The molecule has 0 aliphatic rings. The predicted octanol–water partition coefficient (Wildman–Crippen LogP) is -1.60. The summed E-state index contributed by atoms with van der Waals surface area (Å²) in [5.41, 5.74) is 4.96. The molecule has 0 unspecified atom stereocenters. The van der Waals surface area contributed by atoms with Crippen LogP contribution in [0.2, 0.25) is 0 Å². The van der Waals surface area contributed by atoms with Gasteiger partial charge in [-0.25, -0.2) is 0 Å². The van der Waals surface area contributed by atoms with Crippen LogP contribution < -0.4 is 5.73 Å². The Hall–Kier alpha value is 0.351. The number of rotatable bonds is 0. The van der Waals surface area contributed by atoms with Crippen LogP contribution in [0.1, 0.15) is 0 Å². The number of hydrogen-bond acceptors (Lipinski definition) is 4. The van der Waals surface area contributed by atoms with Gasteiger partial charge in [-0.05, 0) is 5.21 Å². The van der Waals surface area contributed by atoms with Crippen LogP contribution in [-0.2, 0) is 0 Å². The monoisotopic (exact) mass is 173 g/mol. The first-order valence-electron chi connectivity index (χ1n) is 1.38. The Bertz CT molecular complexity index is 112. The van der Waals surface area contributed by atoms with Crippen molar-refractivity contribution < 1.29 is 0 Å². The topological polar surface area (TPSA) is 80.5 Å². The van der Waals surface area contributed by atoms with Gasteiger partial charge in [0.05, 0.1) is 0 Å². The summed E-state index contributed by atoms with van der Waals surface area (Å²) in [5, 5.41) is 12.0. The number of anilines is 1. The Morgan fingerprint density at radius 2 is 2.29 bits per heavy atom. The van der Waals surface area contributed by atoms with Gasteiger partial charge in [-0.15, -0.1) is 5.10 Å². The Morgan fingerprint density at radius 3 is 2.43 bits per heavy atom. The summed E-state index contributed by atoms with van der Waals surface area (Å²) in [6.45, 7) is 0. The zero-order chi connectivity index (χ0) is 4.41. The first-order valence-corrected chi connectivity index (χ1v) is 1.38. The van der Waals surface area contributed by atoms with Gasteiger partial charge in [-0.2, -0.15) is 5.21 Å². The molecule has 1 aromatic rings. The SMILES string of the molecule is Nc1nn[nH]n1.[Sr]. The molecule has 0 aromatic carbocycles. The molecule has 5 nitrogen and oxygen atoms in total. The summed E-state index contributed by atoms with van der Waals surface area (Å²) >= 11 is 0. The van der Waals surface area contributed by atoms with Crippen molar-refractivity contribution in [2.45, 2.75) is 0 Å². The van der Waals surface area contributed by atoms with Gasteiger partial charge >= 0.3 is 0 Å². The van der Waals surface area contributed by atoms with Crippen molar-refractivity contribution in [2.75, 3.05) is 5.73 Å². The number of nitrogen functional groups attached to an aromatic ring is 1. The molecule has 0 bridgehead atoms. The van der Waals surface area contributed by atoms with Crippen LogP contribution in [0.15, 0.2) is 0 Å². The number of aromatic nitrogens is 4. The van der Waals surface area contributed by atoms with E-state index in [1.165, 1.54) is 0 Å². The third-order valence-corrected chi connectivity index (χ3v) is 0.362. The minimum absolute atomic E-state index is 0. The Labute approximate surface area is 76.9 Å². The van der Waals surface area contributed by atoms with Gasteiger partial charge in [0.2, 0.25) is 0 Å². The molecule has 0 saturated carbocycles. The van der Waals surface area contributed by atoms with E-state index in [9.17, 15) is 0 Å². The number of hydrogen-bond donors (Lipinski definition) is 2. The molecular formula is CH3N5Sr. The maximum atomic E-state index is 4.96. The van der Waals surface area contributed by atoms with Crippen LogP contribution in [0.5, 0.6) is 0 Å². The molecule has 0 aliphatic heterocycles. The minimum Gasteiger partial charge on any atom is -0.365 e. The van der Waals surface area contributed by atoms with Crippen LogP contribution in [0, 0.1) is 0 Å². The Morgan fingerprint density at radius 1 is 1.57 bits per heavy atom. The number of aromatic amines is 1. The van der Waals surface area contributed by atoms with Crippen molar-refractivity contribution in [1.29, 1.82) is 0 Å². The standard InChI is InChI=1S/CH3N5.Sr/c2-1-3-5-6-4-1;/h(H3,2,3,4,5,6);. The van der Waals surface area contributed by atoms with Crippen molar-refractivity contribution in [3.05, 3.63) is 0 Å². The maximum absolute atomic E-state index is 4.96. The van der Waals surface area contributed by atoms with E-state index in [0.29, 0.717) is 0 Å². The second kappa shape index (κ2) is 3.36. The van der Waals surface area contributed by atoms with Gasteiger partial charge in [-0.3, -0.25) is 0 Å². The van der Waals surface area contributed by atoms with E-state index >= 15 is 0 Å². The van der Waals surface area contributed by atoms with E-state index in [1.54, 1.807) is 0 Å². The number of nitrogens with one attached hydrogen (secondary N) is 1. The molecule has 0 fully saturated rings. The van der Waals surface area contributed by atoms with Crippen LogP contribution in [0.3, 0.4) is 0 Å². The zero-order valence-corrected chi connectivity index (χ0v) is 7.10. The average molecular weight is 173 g/mol. The number of H-pyrrole nitrogens is 1. The van der Waals surface area contributed by atoms with Gasteiger partial charge in [0.1, 0.15) is 0 Å². The van der Waals surface area contributed by atoms with Gasteiger partial charge in [-0.1, -0.05) is 5.10 Å². The third-order valence-electron chi connectivity index (χ3n) is 0.362. The van der Waals surface area contributed by atoms with Crippen molar-refractivity contribution >= 4 is 51.4 Å². The van der Waals surface area contributed by atoms with Crippen molar-refractivity contribution in [3.8, 4) is 0 Å². The van der Waals surface area contributed by atoms with Crippen LogP contribution in [0.4, 0.5) is 5.95 Å². The molecule has 6 heteroatoms.